The number of hydrogen-bond acceptors (Lipinski definition) is 5. The smallest absolute Gasteiger partial charge is 0.157 e. The van der Waals surface area contributed by atoms with Crippen molar-refractivity contribution in [3.63, 3.8) is 0 Å². The number of nitrogens with one attached hydrogen (secondary N) is 1. The summed E-state index contributed by atoms with van der Waals surface area (Å²) in [4.78, 5) is 9.37. The van der Waals surface area contributed by atoms with Crippen LogP contribution < -0.4 is 5.32 Å². The first-order chi connectivity index (χ1) is 8.60. The molecule has 1 aromatic heterocycles. The molecule has 0 radical (unpaired) electrons. The molecule has 5 heteroatoms. The van der Waals surface area contributed by atoms with Gasteiger partial charge in [0.05, 0.1) is 11.1 Å². The van der Waals surface area contributed by atoms with Crippen LogP contribution in [0.3, 0.4) is 0 Å². The number of aliphatic imine (C=N–C) groups is 1. The molecule has 18 heavy (non-hydrogen) atoms. The molecule has 1 aliphatic carbocycles. The molecule has 0 amide bonds. The van der Waals surface area contributed by atoms with Crippen molar-refractivity contribution in [3.05, 3.63) is 16.6 Å². The summed E-state index contributed by atoms with van der Waals surface area (Å²) in [6.07, 6.45) is 7.08. The Bertz CT molecular complexity index is 445. The zero-order valence-corrected chi connectivity index (χ0v) is 12.5. The SMILES string of the molecule is CC(C)(NC1=NC2(CCCC2)CS1)c1nccs1. The largest absolute Gasteiger partial charge is 0.354 e. The lowest BCUT2D eigenvalue weighted by atomic mass is 10.0. The van der Waals surface area contributed by atoms with E-state index in [1.165, 1.54) is 25.7 Å². The minimum absolute atomic E-state index is 0.121. The monoisotopic (exact) mass is 281 g/mol. The van der Waals surface area contributed by atoms with Gasteiger partial charge in [-0.3, -0.25) is 4.99 Å². The molecule has 1 spiro atoms. The third-order valence-electron chi connectivity index (χ3n) is 3.74. The van der Waals surface area contributed by atoms with Gasteiger partial charge in [0.15, 0.2) is 5.17 Å². The number of amidine groups is 1. The van der Waals surface area contributed by atoms with Crippen molar-refractivity contribution in [2.75, 3.05) is 5.75 Å². The summed E-state index contributed by atoms with van der Waals surface area (Å²) < 4.78 is 0. The number of hydrogen-bond donors (Lipinski definition) is 1. The van der Waals surface area contributed by atoms with Crippen LogP contribution in [0.15, 0.2) is 16.6 Å². The summed E-state index contributed by atoms with van der Waals surface area (Å²) >= 11 is 3.58. The Morgan fingerprint density at radius 1 is 1.33 bits per heavy atom. The summed E-state index contributed by atoms with van der Waals surface area (Å²) in [6, 6.07) is 0. The molecule has 0 saturated heterocycles. The molecule has 1 aliphatic heterocycles. The molecule has 1 saturated carbocycles. The molecule has 2 heterocycles. The fraction of sp³-hybridized carbons (Fsp3) is 0.692. The predicted molar refractivity (Wildman–Crippen MR) is 79.4 cm³/mol. The van der Waals surface area contributed by atoms with E-state index in [2.05, 4.69) is 24.1 Å². The Morgan fingerprint density at radius 3 is 2.78 bits per heavy atom. The second kappa shape index (κ2) is 4.53. The minimum atomic E-state index is -0.121. The van der Waals surface area contributed by atoms with Gasteiger partial charge in [-0.2, -0.15) is 0 Å². The number of thioether (sulfide) groups is 1. The normalized spacial score (nSPS) is 22.4. The van der Waals surface area contributed by atoms with Gasteiger partial charge in [-0.1, -0.05) is 24.6 Å². The van der Waals surface area contributed by atoms with E-state index in [0.29, 0.717) is 0 Å². The van der Waals surface area contributed by atoms with Gasteiger partial charge in [0.25, 0.3) is 0 Å². The highest BCUT2D eigenvalue weighted by atomic mass is 32.2. The van der Waals surface area contributed by atoms with E-state index >= 15 is 0 Å². The van der Waals surface area contributed by atoms with Crippen molar-refractivity contribution in [3.8, 4) is 0 Å². The van der Waals surface area contributed by atoms with E-state index in [9.17, 15) is 0 Å². The molecule has 2 aliphatic rings. The quantitative estimate of drug-likeness (QED) is 0.903. The van der Waals surface area contributed by atoms with Gasteiger partial charge in [-0.25, -0.2) is 4.98 Å². The number of rotatable bonds is 2. The van der Waals surface area contributed by atoms with Gasteiger partial charge in [-0.15, -0.1) is 11.3 Å². The van der Waals surface area contributed by atoms with E-state index < -0.39 is 0 Å². The molecule has 0 unspecified atom stereocenters. The highest BCUT2D eigenvalue weighted by Gasteiger charge is 2.39. The van der Waals surface area contributed by atoms with Crippen molar-refractivity contribution >= 4 is 28.3 Å². The molecule has 1 fully saturated rings. The summed E-state index contributed by atoms with van der Waals surface area (Å²) in [7, 11) is 0. The van der Waals surface area contributed by atoms with E-state index in [1.807, 2.05) is 23.3 Å². The van der Waals surface area contributed by atoms with Crippen molar-refractivity contribution in [2.24, 2.45) is 4.99 Å². The van der Waals surface area contributed by atoms with Crippen molar-refractivity contribution in [1.29, 1.82) is 0 Å². The summed E-state index contributed by atoms with van der Waals surface area (Å²) in [6.45, 7) is 4.35. The second-order valence-electron chi connectivity index (χ2n) is 5.72. The maximum atomic E-state index is 4.96. The molecular formula is C13H19N3S2. The highest BCUT2D eigenvalue weighted by molar-refractivity contribution is 8.14. The van der Waals surface area contributed by atoms with E-state index in [4.69, 9.17) is 4.99 Å². The standard InChI is InChI=1S/C13H19N3S2/c1-12(2,10-14-7-8-17-10)15-11-16-13(9-18-11)5-3-4-6-13/h7-8H,3-6,9H2,1-2H3,(H,15,16). The first kappa shape index (κ1) is 12.5. The van der Waals surface area contributed by atoms with Gasteiger partial charge >= 0.3 is 0 Å². The Hall–Kier alpha value is -0.550. The van der Waals surface area contributed by atoms with E-state index in [0.717, 1.165) is 15.9 Å². The Labute approximate surface area is 116 Å². The minimum Gasteiger partial charge on any atom is -0.354 e. The van der Waals surface area contributed by atoms with Crippen molar-refractivity contribution in [2.45, 2.75) is 50.6 Å². The van der Waals surface area contributed by atoms with Gasteiger partial charge in [0, 0.05) is 17.3 Å². The van der Waals surface area contributed by atoms with Crippen LogP contribution in [0.2, 0.25) is 0 Å². The lowest BCUT2D eigenvalue weighted by Gasteiger charge is -2.24. The average molecular weight is 281 g/mol. The van der Waals surface area contributed by atoms with Crippen LogP contribution in [-0.4, -0.2) is 21.4 Å². The van der Waals surface area contributed by atoms with Crippen LogP contribution in [-0.2, 0) is 5.54 Å². The Balaban J connectivity index is 1.74. The van der Waals surface area contributed by atoms with E-state index in [1.54, 1.807) is 11.3 Å². The molecule has 1 aromatic rings. The van der Waals surface area contributed by atoms with Gasteiger partial charge in [0.1, 0.15) is 5.01 Å². The predicted octanol–water partition coefficient (Wildman–Crippen LogP) is 3.38. The second-order valence-corrected chi connectivity index (χ2v) is 7.58. The van der Waals surface area contributed by atoms with Crippen molar-refractivity contribution < 1.29 is 0 Å². The lowest BCUT2D eigenvalue weighted by Crippen LogP contribution is -2.39. The fourth-order valence-corrected chi connectivity index (χ4v) is 4.75. The summed E-state index contributed by atoms with van der Waals surface area (Å²) in [5.74, 6) is 1.16. The molecule has 3 nitrogen and oxygen atoms in total. The van der Waals surface area contributed by atoms with Crippen LogP contribution in [0.5, 0.6) is 0 Å². The van der Waals surface area contributed by atoms with Gasteiger partial charge < -0.3 is 5.32 Å². The van der Waals surface area contributed by atoms with Crippen molar-refractivity contribution in [1.82, 2.24) is 10.3 Å². The maximum Gasteiger partial charge on any atom is 0.157 e. The Kier molecular flexibility index (Phi) is 3.14. The lowest BCUT2D eigenvalue weighted by molar-refractivity contribution is 0.474. The van der Waals surface area contributed by atoms with Crippen LogP contribution in [0.1, 0.15) is 44.5 Å². The van der Waals surface area contributed by atoms with Gasteiger partial charge in [0.2, 0.25) is 0 Å². The molecule has 98 valence electrons. The number of aromatic nitrogens is 1. The average Bonchev–Trinajstić information content (AvgIpc) is 3.04. The zero-order valence-electron chi connectivity index (χ0n) is 10.9. The van der Waals surface area contributed by atoms with Gasteiger partial charge in [-0.05, 0) is 26.7 Å². The number of thiazole rings is 1. The molecular weight excluding hydrogens is 262 g/mol. The molecule has 0 aromatic carbocycles. The van der Waals surface area contributed by atoms with E-state index in [-0.39, 0.29) is 11.1 Å². The highest BCUT2D eigenvalue weighted by Crippen LogP contribution is 2.41. The molecule has 3 rings (SSSR count). The van der Waals surface area contributed by atoms with Crippen LogP contribution in [0.4, 0.5) is 0 Å². The molecule has 1 N–H and O–H groups in total. The molecule has 0 atom stereocenters. The Morgan fingerprint density at radius 2 is 2.11 bits per heavy atom. The summed E-state index contributed by atoms with van der Waals surface area (Å²) in [5.41, 5.74) is 0.135. The van der Waals surface area contributed by atoms with Crippen LogP contribution in [0.25, 0.3) is 0 Å². The third-order valence-corrected chi connectivity index (χ3v) is 5.98. The van der Waals surface area contributed by atoms with Crippen LogP contribution >= 0.6 is 23.1 Å². The maximum absolute atomic E-state index is 4.96. The molecule has 0 bridgehead atoms. The fourth-order valence-electron chi connectivity index (χ4n) is 2.69. The topological polar surface area (TPSA) is 37.3 Å². The first-order valence-corrected chi connectivity index (χ1v) is 8.37. The zero-order chi connectivity index (χ0) is 12.6. The summed E-state index contributed by atoms with van der Waals surface area (Å²) in [5, 5.41) is 7.83. The number of nitrogens with zero attached hydrogens (tertiary/aromatic N) is 2. The first-order valence-electron chi connectivity index (χ1n) is 6.51. The third kappa shape index (κ3) is 2.30. The van der Waals surface area contributed by atoms with Crippen LogP contribution in [0, 0.1) is 0 Å².